The molecule has 0 radical (unpaired) electrons. The molecule has 4 heteroatoms. The van der Waals surface area contributed by atoms with Gasteiger partial charge in [-0.25, -0.2) is 4.98 Å². The van der Waals surface area contributed by atoms with E-state index in [4.69, 9.17) is 17.3 Å². The predicted octanol–water partition coefficient (Wildman–Crippen LogP) is 2.86. The molecule has 2 aromatic rings. The van der Waals surface area contributed by atoms with Gasteiger partial charge in [0.2, 0.25) is 0 Å². The summed E-state index contributed by atoms with van der Waals surface area (Å²) in [7, 11) is 0. The SMILES string of the molecule is Cc1cccc(Cl)c1-c1nccn1C[C@H](C)N. The molecular formula is C13H16ClN3. The van der Waals surface area contributed by atoms with Crippen LogP contribution in [0.3, 0.4) is 0 Å². The number of nitrogens with zero attached hydrogens (tertiary/aromatic N) is 2. The molecule has 0 aliphatic rings. The zero-order valence-corrected chi connectivity index (χ0v) is 10.8. The van der Waals surface area contributed by atoms with Crippen molar-refractivity contribution in [3.63, 3.8) is 0 Å². The number of hydrogen-bond acceptors (Lipinski definition) is 2. The van der Waals surface area contributed by atoms with Gasteiger partial charge in [0.15, 0.2) is 0 Å². The molecule has 90 valence electrons. The Labute approximate surface area is 106 Å². The van der Waals surface area contributed by atoms with Crippen LogP contribution in [0.25, 0.3) is 11.4 Å². The standard InChI is InChI=1S/C13H16ClN3/c1-9-4-3-5-11(14)12(9)13-16-6-7-17(13)8-10(2)15/h3-7,10H,8,15H2,1-2H3/t10-/m0/s1. The minimum Gasteiger partial charge on any atom is -0.329 e. The van der Waals surface area contributed by atoms with Gasteiger partial charge in [-0.2, -0.15) is 0 Å². The first-order chi connectivity index (χ1) is 8.09. The second-order valence-corrected chi connectivity index (χ2v) is 4.72. The van der Waals surface area contributed by atoms with Crippen LogP contribution < -0.4 is 5.73 Å². The molecule has 0 bridgehead atoms. The number of aromatic nitrogens is 2. The van der Waals surface area contributed by atoms with Crippen molar-refractivity contribution in [2.24, 2.45) is 5.73 Å². The fourth-order valence-electron chi connectivity index (χ4n) is 1.91. The van der Waals surface area contributed by atoms with Gasteiger partial charge in [0.05, 0.1) is 5.02 Å². The molecular weight excluding hydrogens is 234 g/mol. The van der Waals surface area contributed by atoms with E-state index < -0.39 is 0 Å². The maximum Gasteiger partial charge on any atom is 0.141 e. The van der Waals surface area contributed by atoms with E-state index in [-0.39, 0.29) is 6.04 Å². The van der Waals surface area contributed by atoms with Crippen molar-refractivity contribution in [2.75, 3.05) is 0 Å². The van der Waals surface area contributed by atoms with Crippen molar-refractivity contribution in [3.8, 4) is 11.4 Å². The molecule has 0 saturated heterocycles. The summed E-state index contributed by atoms with van der Waals surface area (Å²) in [6.45, 7) is 4.75. The maximum atomic E-state index is 6.24. The Morgan fingerprint density at radius 3 is 2.88 bits per heavy atom. The number of nitrogens with two attached hydrogens (primary N) is 1. The molecule has 1 heterocycles. The Morgan fingerprint density at radius 1 is 1.47 bits per heavy atom. The summed E-state index contributed by atoms with van der Waals surface area (Å²) >= 11 is 6.24. The molecule has 0 saturated carbocycles. The second kappa shape index (κ2) is 4.90. The molecule has 0 fully saturated rings. The number of rotatable bonds is 3. The van der Waals surface area contributed by atoms with Crippen molar-refractivity contribution >= 4 is 11.6 Å². The first kappa shape index (κ1) is 12.1. The van der Waals surface area contributed by atoms with Crippen LogP contribution in [0.4, 0.5) is 0 Å². The molecule has 0 spiro atoms. The molecule has 3 nitrogen and oxygen atoms in total. The number of imidazole rings is 1. The van der Waals surface area contributed by atoms with Crippen molar-refractivity contribution in [1.29, 1.82) is 0 Å². The van der Waals surface area contributed by atoms with E-state index in [9.17, 15) is 0 Å². The zero-order valence-electron chi connectivity index (χ0n) is 10.0. The first-order valence-corrected chi connectivity index (χ1v) is 5.99. The molecule has 0 aliphatic heterocycles. The molecule has 1 aromatic carbocycles. The molecule has 1 atom stereocenters. The monoisotopic (exact) mass is 249 g/mol. The summed E-state index contributed by atoms with van der Waals surface area (Å²) in [6, 6.07) is 5.95. The Morgan fingerprint density at radius 2 is 2.24 bits per heavy atom. The van der Waals surface area contributed by atoms with Crippen LogP contribution in [-0.4, -0.2) is 15.6 Å². The lowest BCUT2D eigenvalue weighted by molar-refractivity contribution is 0.594. The number of halogens is 1. The summed E-state index contributed by atoms with van der Waals surface area (Å²) in [5, 5.41) is 0.724. The van der Waals surface area contributed by atoms with Crippen molar-refractivity contribution in [2.45, 2.75) is 26.4 Å². The third-order valence-electron chi connectivity index (χ3n) is 2.65. The van der Waals surface area contributed by atoms with Gasteiger partial charge < -0.3 is 10.3 Å². The number of benzene rings is 1. The first-order valence-electron chi connectivity index (χ1n) is 5.62. The highest BCUT2D eigenvalue weighted by molar-refractivity contribution is 6.33. The van der Waals surface area contributed by atoms with E-state index in [0.29, 0.717) is 0 Å². The lowest BCUT2D eigenvalue weighted by Crippen LogP contribution is -2.22. The smallest absolute Gasteiger partial charge is 0.141 e. The van der Waals surface area contributed by atoms with Crippen molar-refractivity contribution in [3.05, 3.63) is 41.2 Å². The fourth-order valence-corrected chi connectivity index (χ4v) is 2.22. The van der Waals surface area contributed by atoms with Crippen LogP contribution in [0.2, 0.25) is 5.02 Å². The predicted molar refractivity (Wildman–Crippen MR) is 71.1 cm³/mol. The molecule has 0 aliphatic carbocycles. The highest BCUT2D eigenvalue weighted by Gasteiger charge is 2.12. The Kier molecular flexibility index (Phi) is 3.50. The summed E-state index contributed by atoms with van der Waals surface area (Å²) in [4.78, 5) is 4.38. The van der Waals surface area contributed by atoms with Gasteiger partial charge in [-0.3, -0.25) is 0 Å². The van der Waals surface area contributed by atoms with Gasteiger partial charge in [-0.15, -0.1) is 0 Å². The van der Waals surface area contributed by atoms with Gasteiger partial charge in [0.25, 0.3) is 0 Å². The van der Waals surface area contributed by atoms with Gasteiger partial charge >= 0.3 is 0 Å². The van der Waals surface area contributed by atoms with Crippen LogP contribution in [0.1, 0.15) is 12.5 Å². The van der Waals surface area contributed by atoms with Gasteiger partial charge in [-0.05, 0) is 25.5 Å². The second-order valence-electron chi connectivity index (χ2n) is 4.31. The van der Waals surface area contributed by atoms with Crippen LogP contribution in [0.5, 0.6) is 0 Å². The van der Waals surface area contributed by atoms with E-state index >= 15 is 0 Å². The van der Waals surface area contributed by atoms with Crippen LogP contribution in [0, 0.1) is 6.92 Å². The van der Waals surface area contributed by atoms with Crippen molar-refractivity contribution in [1.82, 2.24) is 9.55 Å². The van der Waals surface area contributed by atoms with Crippen LogP contribution in [-0.2, 0) is 6.54 Å². The van der Waals surface area contributed by atoms with Gasteiger partial charge in [0, 0.05) is 30.5 Å². The minimum atomic E-state index is 0.0887. The summed E-state index contributed by atoms with van der Waals surface area (Å²) in [5.74, 6) is 0.880. The third kappa shape index (κ3) is 2.51. The number of aryl methyl sites for hydroxylation is 1. The summed E-state index contributed by atoms with van der Waals surface area (Å²) in [5.41, 5.74) is 7.93. The summed E-state index contributed by atoms with van der Waals surface area (Å²) in [6.07, 6.45) is 3.71. The van der Waals surface area contributed by atoms with E-state index in [1.165, 1.54) is 0 Å². The van der Waals surface area contributed by atoms with Gasteiger partial charge in [0.1, 0.15) is 5.82 Å². The van der Waals surface area contributed by atoms with Crippen LogP contribution in [0.15, 0.2) is 30.6 Å². The average molecular weight is 250 g/mol. The van der Waals surface area contributed by atoms with Crippen LogP contribution >= 0.6 is 11.6 Å². The average Bonchev–Trinajstić information content (AvgIpc) is 2.65. The van der Waals surface area contributed by atoms with Gasteiger partial charge in [-0.1, -0.05) is 23.7 Å². The van der Waals surface area contributed by atoms with E-state index in [1.54, 1.807) is 6.20 Å². The molecule has 0 amide bonds. The fraction of sp³-hybridized carbons (Fsp3) is 0.308. The lowest BCUT2D eigenvalue weighted by atomic mass is 10.1. The van der Waals surface area contributed by atoms with E-state index in [2.05, 4.69) is 4.98 Å². The molecule has 1 aromatic heterocycles. The zero-order chi connectivity index (χ0) is 12.4. The normalized spacial score (nSPS) is 12.7. The Balaban J connectivity index is 2.50. The Hall–Kier alpha value is -1.32. The molecule has 0 unspecified atom stereocenters. The minimum absolute atomic E-state index is 0.0887. The number of hydrogen-bond donors (Lipinski definition) is 1. The topological polar surface area (TPSA) is 43.8 Å². The molecule has 2 N–H and O–H groups in total. The third-order valence-corrected chi connectivity index (χ3v) is 2.96. The van der Waals surface area contributed by atoms with Crippen molar-refractivity contribution < 1.29 is 0 Å². The Bertz CT molecular complexity index is 497. The molecule has 2 rings (SSSR count). The summed E-state index contributed by atoms with van der Waals surface area (Å²) < 4.78 is 2.04. The highest BCUT2D eigenvalue weighted by atomic mass is 35.5. The van der Waals surface area contributed by atoms with E-state index in [1.807, 2.05) is 42.8 Å². The quantitative estimate of drug-likeness (QED) is 0.909. The largest absolute Gasteiger partial charge is 0.329 e. The maximum absolute atomic E-state index is 6.24. The molecule has 17 heavy (non-hydrogen) atoms. The highest BCUT2D eigenvalue weighted by Crippen LogP contribution is 2.29. The van der Waals surface area contributed by atoms with E-state index in [0.717, 1.165) is 28.5 Å². The lowest BCUT2D eigenvalue weighted by Gasteiger charge is -2.13.